The Bertz CT molecular complexity index is 567. The molecule has 20 heavy (non-hydrogen) atoms. The molecule has 6 nitrogen and oxygen atoms in total. The van der Waals surface area contributed by atoms with Crippen molar-refractivity contribution in [2.45, 2.75) is 12.8 Å². The third-order valence-electron chi connectivity index (χ3n) is 3.16. The topological polar surface area (TPSA) is 78.5 Å². The Morgan fingerprint density at radius 3 is 2.75 bits per heavy atom. The summed E-state index contributed by atoms with van der Waals surface area (Å²) in [7, 11) is 3.27. The number of fused-ring (bicyclic) bond motifs is 1. The van der Waals surface area contributed by atoms with Crippen molar-refractivity contribution in [3.8, 4) is 0 Å². The first-order valence-electron chi connectivity index (χ1n) is 6.38. The molecule has 1 aromatic carbocycles. The summed E-state index contributed by atoms with van der Waals surface area (Å²) in [5, 5.41) is 5.34. The van der Waals surface area contributed by atoms with Gasteiger partial charge in [0.1, 0.15) is 0 Å². The van der Waals surface area contributed by atoms with Crippen molar-refractivity contribution in [1.82, 2.24) is 10.2 Å². The molecule has 6 heteroatoms. The van der Waals surface area contributed by atoms with E-state index in [0.29, 0.717) is 18.4 Å². The minimum Gasteiger partial charge on any atom is -0.347 e. The van der Waals surface area contributed by atoms with Gasteiger partial charge in [0, 0.05) is 31.8 Å². The van der Waals surface area contributed by atoms with Crippen molar-refractivity contribution < 1.29 is 14.4 Å². The summed E-state index contributed by atoms with van der Waals surface area (Å²) in [6.45, 7) is -0.0281. The third kappa shape index (κ3) is 3.14. The van der Waals surface area contributed by atoms with Crippen LogP contribution in [0.5, 0.6) is 0 Å². The molecule has 0 radical (unpaired) electrons. The van der Waals surface area contributed by atoms with Crippen LogP contribution in [0.15, 0.2) is 18.2 Å². The minimum atomic E-state index is -0.292. The van der Waals surface area contributed by atoms with Crippen LogP contribution >= 0.6 is 0 Å². The van der Waals surface area contributed by atoms with Crippen LogP contribution in [0.25, 0.3) is 0 Å². The molecule has 0 fully saturated rings. The number of nitrogens with one attached hydrogen (secondary N) is 2. The van der Waals surface area contributed by atoms with Gasteiger partial charge in [0.25, 0.3) is 5.91 Å². The van der Waals surface area contributed by atoms with E-state index >= 15 is 0 Å². The lowest BCUT2D eigenvalue weighted by Gasteiger charge is -2.17. The number of benzene rings is 1. The van der Waals surface area contributed by atoms with Gasteiger partial charge in [0.05, 0.1) is 6.54 Å². The number of likely N-dealkylation sites (N-methyl/N-ethyl adjacent to an activating group) is 1. The van der Waals surface area contributed by atoms with E-state index in [0.717, 1.165) is 11.3 Å². The summed E-state index contributed by atoms with van der Waals surface area (Å²) in [5.74, 6) is -0.463. The molecule has 0 aliphatic carbocycles. The molecule has 0 atom stereocenters. The van der Waals surface area contributed by atoms with Crippen LogP contribution in [0, 0.1) is 0 Å². The Balaban J connectivity index is 2.04. The Kier molecular flexibility index (Phi) is 4.02. The molecule has 0 saturated carbocycles. The quantitative estimate of drug-likeness (QED) is 0.837. The molecule has 1 aromatic rings. The number of carbonyl (C=O) groups is 3. The molecule has 0 unspecified atom stereocenters. The van der Waals surface area contributed by atoms with Crippen LogP contribution in [0.3, 0.4) is 0 Å². The van der Waals surface area contributed by atoms with Gasteiger partial charge in [-0.1, -0.05) is 0 Å². The van der Waals surface area contributed by atoms with E-state index in [1.165, 1.54) is 4.90 Å². The molecule has 0 spiro atoms. The Morgan fingerprint density at radius 1 is 1.30 bits per heavy atom. The largest absolute Gasteiger partial charge is 0.347 e. The molecule has 3 amide bonds. The van der Waals surface area contributed by atoms with E-state index in [9.17, 15) is 14.4 Å². The molecule has 0 bridgehead atoms. The highest BCUT2D eigenvalue weighted by molar-refractivity contribution is 5.99. The summed E-state index contributed by atoms with van der Waals surface area (Å²) in [6.07, 6.45) is 1.05. The van der Waals surface area contributed by atoms with Crippen LogP contribution in [-0.2, 0) is 16.0 Å². The molecule has 1 aliphatic heterocycles. The van der Waals surface area contributed by atoms with Crippen molar-refractivity contribution in [2.75, 3.05) is 26.0 Å². The summed E-state index contributed by atoms with van der Waals surface area (Å²) >= 11 is 0. The Hall–Kier alpha value is -2.37. The van der Waals surface area contributed by atoms with Gasteiger partial charge in [-0.25, -0.2) is 0 Å². The number of hydrogen-bond acceptors (Lipinski definition) is 3. The maximum atomic E-state index is 12.0. The van der Waals surface area contributed by atoms with E-state index < -0.39 is 0 Å². The summed E-state index contributed by atoms with van der Waals surface area (Å²) < 4.78 is 0. The van der Waals surface area contributed by atoms with Crippen molar-refractivity contribution in [2.24, 2.45) is 0 Å². The lowest BCUT2D eigenvalue weighted by molar-refractivity contribution is -0.127. The predicted octanol–water partition coefficient (Wildman–Crippen LogP) is 0.389. The number of anilines is 1. The first-order valence-corrected chi connectivity index (χ1v) is 6.38. The second-order valence-corrected chi connectivity index (χ2v) is 4.89. The fourth-order valence-electron chi connectivity index (χ4n) is 1.94. The predicted molar refractivity (Wildman–Crippen MR) is 74.4 cm³/mol. The molecule has 106 valence electrons. The van der Waals surface area contributed by atoms with E-state index in [1.807, 2.05) is 0 Å². The van der Waals surface area contributed by atoms with Crippen molar-refractivity contribution in [1.29, 1.82) is 0 Å². The van der Waals surface area contributed by atoms with Crippen LogP contribution < -0.4 is 10.6 Å². The van der Waals surface area contributed by atoms with Gasteiger partial charge < -0.3 is 15.5 Å². The van der Waals surface area contributed by atoms with Crippen LogP contribution in [0.1, 0.15) is 22.3 Å². The number of hydrogen-bond donors (Lipinski definition) is 2. The molecule has 1 aliphatic rings. The number of aryl methyl sites for hydroxylation is 1. The highest BCUT2D eigenvalue weighted by Gasteiger charge is 2.17. The normalized spacial score (nSPS) is 13.2. The van der Waals surface area contributed by atoms with Crippen molar-refractivity contribution in [3.63, 3.8) is 0 Å². The van der Waals surface area contributed by atoms with Gasteiger partial charge in [0.2, 0.25) is 11.8 Å². The first-order chi connectivity index (χ1) is 9.47. The monoisotopic (exact) mass is 275 g/mol. The maximum Gasteiger partial charge on any atom is 0.251 e. The number of amides is 3. The Labute approximate surface area is 117 Å². The highest BCUT2D eigenvalue weighted by Crippen LogP contribution is 2.23. The maximum absolute atomic E-state index is 12.0. The molecular weight excluding hydrogens is 258 g/mol. The number of nitrogens with zero attached hydrogens (tertiary/aromatic N) is 1. The standard InChI is InChI=1S/C14H17N3O3/c1-17(2)13(19)8-15-14(20)10-3-5-11-9(7-10)4-6-12(18)16-11/h3,5,7H,4,6,8H2,1-2H3,(H,15,20)(H,16,18). The second-order valence-electron chi connectivity index (χ2n) is 4.89. The van der Waals surface area contributed by atoms with E-state index in [2.05, 4.69) is 10.6 Å². The first kappa shape index (κ1) is 14.0. The molecule has 0 saturated heterocycles. The third-order valence-corrected chi connectivity index (χ3v) is 3.16. The zero-order chi connectivity index (χ0) is 14.7. The molecular formula is C14H17N3O3. The van der Waals surface area contributed by atoms with Gasteiger partial charge >= 0.3 is 0 Å². The van der Waals surface area contributed by atoms with Crippen molar-refractivity contribution >= 4 is 23.4 Å². The molecule has 0 aromatic heterocycles. The zero-order valence-corrected chi connectivity index (χ0v) is 11.5. The average Bonchev–Trinajstić information content (AvgIpc) is 2.43. The number of rotatable bonds is 3. The van der Waals surface area contributed by atoms with E-state index in [1.54, 1.807) is 32.3 Å². The lowest BCUT2D eigenvalue weighted by atomic mass is 10.00. The number of carbonyl (C=O) groups excluding carboxylic acids is 3. The zero-order valence-electron chi connectivity index (χ0n) is 11.5. The van der Waals surface area contributed by atoms with Gasteiger partial charge in [0.15, 0.2) is 0 Å². The minimum absolute atomic E-state index is 0.00807. The average molecular weight is 275 g/mol. The molecule has 1 heterocycles. The lowest BCUT2D eigenvalue weighted by Crippen LogP contribution is -2.36. The van der Waals surface area contributed by atoms with Crippen LogP contribution in [0.4, 0.5) is 5.69 Å². The summed E-state index contributed by atoms with van der Waals surface area (Å²) in [5.41, 5.74) is 2.19. The van der Waals surface area contributed by atoms with E-state index in [-0.39, 0.29) is 24.3 Å². The van der Waals surface area contributed by atoms with Crippen LogP contribution in [-0.4, -0.2) is 43.3 Å². The van der Waals surface area contributed by atoms with Gasteiger partial charge in [-0.15, -0.1) is 0 Å². The van der Waals surface area contributed by atoms with Crippen molar-refractivity contribution in [3.05, 3.63) is 29.3 Å². The highest BCUT2D eigenvalue weighted by atomic mass is 16.2. The molecule has 2 rings (SSSR count). The van der Waals surface area contributed by atoms with E-state index in [4.69, 9.17) is 0 Å². The smallest absolute Gasteiger partial charge is 0.251 e. The fourth-order valence-corrected chi connectivity index (χ4v) is 1.94. The summed E-state index contributed by atoms with van der Waals surface area (Å²) in [4.78, 5) is 36.0. The summed E-state index contributed by atoms with van der Waals surface area (Å²) in [6, 6.07) is 5.11. The van der Waals surface area contributed by atoms with Gasteiger partial charge in [-0.2, -0.15) is 0 Å². The molecule has 2 N–H and O–H groups in total. The van der Waals surface area contributed by atoms with Gasteiger partial charge in [-0.3, -0.25) is 14.4 Å². The fraction of sp³-hybridized carbons (Fsp3) is 0.357. The Morgan fingerprint density at radius 2 is 2.05 bits per heavy atom. The van der Waals surface area contributed by atoms with Crippen LogP contribution in [0.2, 0.25) is 0 Å². The second kappa shape index (κ2) is 5.73. The SMILES string of the molecule is CN(C)C(=O)CNC(=O)c1ccc2c(c1)CCC(=O)N2. The van der Waals surface area contributed by atoms with Gasteiger partial charge in [-0.05, 0) is 30.2 Å².